The van der Waals surface area contributed by atoms with Crippen LogP contribution in [0.2, 0.25) is 0 Å². The summed E-state index contributed by atoms with van der Waals surface area (Å²) < 4.78 is 28.9. The summed E-state index contributed by atoms with van der Waals surface area (Å²) in [5.74, 6) is -0.622. The Kier molecular flexibility index (Phi) is 8.54. The van der Waals surface area contributed by atoms with E-state index < -0.39 is 29.9 Å². The van der Waals surface area contributed by atoms with Crippen LogP contribution in [0.1, 0.15) is 53.9 Å². The van der Waals surface area contributed by atoms with Gasteiger partial charge in [0, 0.05) is 19.3 Å². The number of unbranched alkanes of at least 4 members (excludes halogenated alkanes) is 2. The lowest BCUT2D eigenvalue weighted by Gasteiger charge is -2.27. The van der Waals surface area contributed by atoms with Crippen molar-refractivity contribution in [3.8, 4) is 0 Å². The maximum Gasteiger partial charge on any atom is 0.185 e. The molecule has 158 valence electrons. The van der Waals surface area contributed by atoms with E-state index >= 15 is 0 Å². The lowest BCUT2D eigenvalue weighted by Crippen LogP contribution is -2.46. The van der Waals surface area contributed by atoms with Crippen molar-refractivity contribution in [1.82, 2.24) is 0 Å². The van der Waals surface area contributed by atoms with E-state index in [1.807, 2.05) is 27.7 Å². The molecule has 2 rings (SSSR count). The molecule has 1 N–H and O–H groups in total. The molecule has 0 unspecified atom stereocenters. The molecular weight excluding hydrogens is 372 g/mol. The van der Waals surface area contributed by atoms with Gasteiger partial charge in [-0.2, -0.15) is 0 Å². The van der Waals surface area contributed by atoms with Crippen molar-refractivity contribution < 1.29 is 33.6 Å². The number of aliphatic hydroxyl groups excluding tert-OH is 1. The lowest BCUT2D eigenvalue weighted by molar-refractivity contribution is -0.179. The zero-order chi connectivity index (χ0) is 20.1. The summed E-state index contributed by atoms with van der Waals surface area (Å²) in [6.45, 7) is 10.2. The number of aliphatic hydroxyl groups is 1. The molecule has 0 amide bonds. The Balaban J connectivity index is 1.72. The molecule has 0 radical (unpaired) electrons. The van der Waals surface area contributed by atoms with Crippen molar-refractivity contribution in [1.29, 1.82) is 0 Å². The first-order valence-corrected chi connectivity index (χ1v) is 10.6. The fourth-order valence-corrected chi connectivity index (χ4v) is 3.91. The van der Waals surface area contributed by atoms with E-state index in [2.05, 4.69) is 0 Å². The molecule has 4 atom stereocenters. The third-order valence-electron chi connectivity index (χ3n) is 4.49. The average molecular weight is 407 g/mol. The van der Waals surface area contributed by atoms with Crippen LogP contribution in [-0.4, -0.2) is 71.8 Å². The van der Waals surface area contributed by atoms with Gasteiger partial charge in [0.2, 0.25) is 0 Å². The lowest BCUT2D eigenvalue weighted by atomic mass is 10.0. The van der Waals surface area contributed by atoms with Gasteiger partial charge in [0.1, 0.15) is 24.4 Å². The second kappa shape index (κ2) is 10.0. The highest BCUT2D eigenvalue weighted by molar-refractivity contribution is 8.13. The van der Waals surface area contributed by atoms with E-state index in [0.717, 1.165) is 25.0 Å². The summed E-state index contributed by atoms with van der Waals surface area (Å²) in [5, 5.41) is 10.9. The standard InChI is InChI=1S/C19H34O7S/c1-13(20)27-10-8-6-7-9-22-11-15-17(26-19(4,5)25-15)16(21)14-12-23-18(2,3)24-14/h14-17,21H,6-12H2,1-5H3/t14-,15+,16-,17-/m1/s1. The molecule has 8 heteroatoms. The topological polar surface area (TPSA) is 83.5 Å². The van der Waals surface area contributed by atoms with E-state index in [1.165, 1.54) is 11.8 Å². The number of carbonyl (C=O) groups excluding carboxylic acids is 1. The van der Waals surface area contributed by atoms with Gasteiger partial charge in [-0.3, -0.25) is 4.79 Å². The molecule has 2 saturated heterocycles. The SMILES string of the molecule is CC(=O)SCCCCCOC[C@@H]1OC(C)(C)O[C@H]1[C@H](O)[C@H]1COC(C)(C)O1. The third-order valence-corrected chi connectivity index (χ3v) is 5.39. The van der Waals surface area contributed by atoms with Gasteiger partial charge in [-0.1, -0.05) is 18.2 Å². The number of carbonyl (C=O) groups is 1. The van der Waals surface area contributed by atoms with Gasteiger partial charge in [-0.15, -0.1) is 0 Å². The summed E-state index contributed by atoms with van der Waals surface area (Å²) in [7, 11) is 0. The molecule has 2 aliphatic rings. The minimum atomic E-state index is -0.856. The van der Waals surface area contributed by atoms with Crippen molar-refractivity contribution in [2.75, 3.05) is 25.6 Å². The molecule has 0 aromatic carbocycles. The second-order valence-electron chi connectivity index (χ2n) is 7.97. The number of hydrogen-bond acceptors (Lipinski definition) is 8. The van der Waals surface area contributed by atoms with Gasteiger partial charge in [-0.05, 0) is 40.5 Å². The van der Waals surface area contributed by atoms with Crippen LogP contribution in [0.5, 0.6) is 0 Å². The highest BCUT2D eigenvalue weighted by atomic mass is 32.2. The summed E-state index contributed by atoms with van der Waals surface area (Å²) in [6.07, 6.45) is 0.734. The number of ether oxygens (including phenoxy) is 5. The van der Waals surface area contributed by atoms with Crippen LogP contribution in [0.15, 0.2) is 0 Å². The Bertz CT molecular complexity index is 483. The van der Waals surface area contributed by atoms with Crippen LogP contribution in [0.25, 0.3) is 0 Å². The second-order valence-corrected chi connectivity index (χ2v) is 9.24. The largest absolute Gasteiger partial charge is 0.387 e. The molecule has 27 heavy (non-hydrogen) atoms. The van der Waals surface area contributed by atoms with Gasteiger partial charge >= 0.3 is 0 Å². The maximum atomic E-state index is 10.9. The minimum Gasteiger partial charge on any atom is -0.387 e. The van der Waals surface area contributed by atoms with Crippen molar-refractivity contribution in [3.63, 3.8) is 0 Å². The smallest absolute Gasteiger partial charge is 0.185 e. The molecule has 2 aliphatic heterocycles. The van der Waals surface area contributed by atoms with Crippen molar-refractivity contribution >= 4 is 16.9 Å². The monoisotopic (exact) mass is 406 g/mol. The van der Waals surface area contributed by atoms with Crippen LogP contribution in [0.3, 0.4) is 0 Å². The highest BCUT2D eigenvalue weighted by Gasteiger charge is 2.49. The van der Waals surface area contributed by atoms with Crippen LogP contribution < -0.4 is 0 Å². The fourth-order valence-electron chi connectivity index (χ4n) is 3.28. The average Bonchev–Trinajstić information content (AvgIpc) is 3.07. The van der Waals surface area contributed by atoms with Gasteiger partial charge in [0.15, 0.2) is 16.7 Å². The van der Waals surface area contributed by atoms with E-state index in [4.69, 9.17) is 23.7 Å². The van der Waals surface area contributed by atoms with Crippen LogP contribution in [-0.2, 0) is 28.5 Å². The van der Waals surface area contributed by atoms with Crippen molar-refractivity contribution in [2.24, 2.45) is 0 Å². The molecule has 0 spiro atoms. The van der Waals surface area contributed by atoms with Crippen LogP contribution in [0, 0.1) is 0 Å². The Hall–Kier alpha value is -0.220. The molecule has 0 bridgehead atoms. The molecule has 0 aromatic rings. The Morgan fingerprint density at radius 1 is 1.15 bits per heavy atom. The Morgan fingerprint density at radius 2 is 1.89 bits per heavy atom. The van der Waals surface area contributed by atoms with Crippen LogP contribution >= 0.6 is 11.8 Å². The highest BCUT2D eigenvalue weighted by Crippen LogP contribution is 2.34. The number of hydrogen-bond donors (Lipinski definition) is 1. The van der Waals surface area contributed by atoms with E-state index in [-0.39, 0.29) is 11.2 Å². The maximum absolute atomic E-state index is 10.9. The van der Waals surface area contributed by atoms with Gasteiger partial charge < -0.3 is 28.8 Å². The van der Waals surface area contributed by atoms with Gasteiger partial charge in [-0.25, -0.2) is 0 Å². The predicted molar refractivity (Wildman–Crippen MR) is 103 cm³/mol. The predicted octanol–water partition coefficient (Wildman–Crippen LogP) is 2.49. The first-order valence-electron chi connectivity index (χ1n) is 9.66. The van der Waals surface area contributed by atoms with Crippen LogP contribution in [0.4, 0.5) is 0 Å². The number of rotatable bonds is 10. The first-order chi connectivity index (χ1) is 12.6. The normalized spacial score (nSPS) is 30.5. The first kappa shape index (κ1) is 23.1. The Morgan fingerprint density at radius 3 is 2.52 bits per heavy atom. The number of thioether (sulfide) groups is 1. The molecule has 7 nitrogen and oxygen atoms in total. The van der Waals surface area contributed by atoms with Crippen molar-refractivity contribution in [3.05, 3.63) is 0 Å². The molecule has 0 aliphatic carbocycles. The summed E-state index contributed by atoms with van der Waals surface area (Å²) in [5.41, 5.74) is 0. The molecule has 2 fully saturated rings. The van der Waals surface area contributed by atoms with E-state index in [0.29, 0.717) is 19.8 Å². The zero-order valence-corrected chi connectivity index (χ0v) is 17.9. The van der Waals surface area contributed by atoms with Gasteiger partial charge in [0.25, 0.3) is 0 Å². The van der Waals surface area contributed by atoms with E-state index in [9.17, 15) is 9.90 Å². The molecule has 0 saturated carbocycles. The summed E-state index contributed by atoms with van der Waals surface area (Å²) in [4.78, 5) is 10.9. The molecule has 2 heterocycles. The van der Waals surface area contributed by atoms with Crippen molar-refractivity contribution in [2.45, 2.75) is 89.9 Å². The minimum absolute atomic E-state index is 0.164. The zero-order valence-electron chi connectivity index (χ0n) is 17.1. The molecule has 0 aromatic heterocycles. The van der Waals surface area contributed by atoms with E-state index in [1.54, 1.807) is 6.92 Å². The molecular formula is C19H34O7S. The third kappa shape index (κ3) is 7.61. The Labute approximate surface area is 166 Å². The fraction of sp³-hybridized carbons (Fsp3) is 0.947. The summed E-state index contributed by atoms with van der Waals surface area (Å²) in [6, 6.07) is 0. The quantitative estimate of drug-likeness (QED) is 0.554. The van der Waals surface area contributed by atoms with Gasteiger partial charge in [0.05, 0.1) is 13.2 Å². The summed E-state index contributed by atoms with van der Waals surface area (Å²) >= 11 is 1.36.